The summed E-state index contributed by atoms with van der Waals surface area (Å²) in [6, 6.07) is 7.39. The van der Waals surface area contributed by atoms with Crippen molar-refractivity contribution in [3.05, 3.63) is 36.2 Å². The van der Waals surface area contributed by atoms with E-state index in [4.69, 9.17) is 5.73 Å². The summed E-state index contributed by atoms with van der Waals surface area (Å²) in [5.74, 6) is 0.693. The van der Waals surface area contributed by atoms with Gasteiger partial charge < -0.3 is 15.4 Å². The van der Waals surface area contributed by atoms with Crippen molar-refractivity contribution in [3.8, 4) is 17.0 Å². The van der Waals surface area contributed by atoms with Crippen LogP contribution in [-0.2, 0) is 11.2 Å². The number of rotatable bonds is 5. The van der Waals surface area contributed by atoms with Crippen LogP contribution in [0.25, 0.3) is 11.3 Å². The van der Waals surface area contributed by atoms with Crippen LogP contribution in [0, 0.1) is 5.92 Å². The SMILES string of the molecule is CCc1nc(-c2ccc(OC(F)(F)F)cc2)cc(N2CCC(C(N)=O)CC2)n1. The first-order valence-corrected chi connectivity index (χ1v) is 9.03. The van der Waals surface area contributed by atoms with Crippen molar-refractivity contribution in [1.29, 1.82) is 0 Å². The third kappa shape index (κ3) is 4.90. The van der Waals surface area contributed by atoms with Crippen molar-refractivity contribution in [3.63, 3.8) is 0 Å². The fraction of sp³-hybridized carbons (Fsp3) is 0.421. The van der Waals surface area contributed by atoms with E-state index in [0.717, 1.165) is 5.82 Å². The van der Waals surface area contributed by atoms with E-state index in [-0.39, 0.29) is 17.6 Å². The van der Waals surface area contributed by atoms with Crippen LogP contribution in [-0.4, -0.2) is 35.3 Å². The molecule has 0 aliphatic carbocycles. The Morgan fingerprint density at radius 3 is 2.39 bits per heavy atom. The summed E-state index contributed by atoms with van der Waals surface area (Å²) in [7, 11) is 0. The van der Waals surface area contributed by atoms with E-state index >= 15 is 0 Å². The largest absolute Gasteiger partial charge is 0.573 e. The second-order valence-electron chi connectivity index (χ2n) is 6.62. The van der Waals surface area contributed by atoms with Gasteiger partial charge in [-0.25, -0.2) is 9.97 Å². The third-order valence-corrected chi connectivity index (χ3v) is 4.68. The Hall–Kier alpha value is -2.84. The Bertz CT molecular complexity index is 832. The number of piperidine rings is 1. The van der Waals surface area contributed by atoms with Crippen LogP contribution in [0.3, 0.4) is 0 Å². The van der Waals surface area contributed by atoms with Gasteiger partial charge in [-0.15, -0.1) is 13.2 Å². The highest BCUT2D eigenvalue weighted by molar-refractivity contribution is 5.77. The highest BCUT2D eigenvalue weighted by Crippen LogP contribution is 2.28. The number of benzene rings is 1. The van der Waals surface area contributed by atoms with Gasteiger partial charge in [-0.3, -0.25) is 4.79 Å². The number of halogens is 3. The second-order valence-corrected chi connectivity index (χ2v) is 6.62. The topological polar surface area (TPSA) is 81.3 Å². The van der Waals surface area contributed by atoms with Gasteiger partial charge in [0.05, 0.1) is 5.69 Å². The molecule has 1 amide bonds. The lowest BCUT2D eigenvalue weighted by Crippen LogP contribution is -2.39. The Morgan fingerprint density at radius 1 is 1.21 bits per heavy atom. The number of amides is 1. The predicted molar refractivity (Wildman–Crippen MR) is 97.7 cm³/mol. The fourth-order valence-electron chi connectivity index (χ4n) is 3.17. The highest BCUT2D eigenvalue weighted by Gasteiger charge is 2.31. The summed E-state index contributed by atoms with van der Waals surface area (Å²) in [5.41, 5.74) is 6.67. The van der Waals surface area contributed by atoms with E-state index in [9.17, 15) is 18.0 Å². The Kier molecular flexibility index (Phi) is 5.71. The van der Waals surface area contributed by atoms with Gasteiger partial charge in [0.15, 0.2) is 0 Å². The lowest BCUT2D eigenvalue weighted by atomic mass is 9.96. The number of ether oxygens (including phenoxy) is 1. The van der Waals surface area contributed by atoms with Crippen LogP contribution in [0.4, 0.5) is 19.0 Å². The van der Waals surface area contributed by atoms with Crippen molar-refractivity contribution in [1.82, 2.24) is 9.97 Å². The molecule has 0 spiro atoms. The number of alkyl halides is 3. The van der Waals surface area contributed by atoms with Gasteiger partial charge in [0.25, 0.3) is 0 Å². The summed E-state index contributed by atoms with van der Waals surface area (Å²) in [6.45, 7) is 3.25. The summed E-state index contributed by atoms with van der Waals surface area (Å²) in [6.07, 6.45) is -2.77. The standard InChI is InChI=1S/C19H21F3N4O2/c1-2-16-24-15(12-3-5-14(6-4-12)28-19(20,21)22)11-17(25-16)26-9-7-13(8-10-26)18(23)27/h3-6,11,13H,2,7-10H2,1H3,(H2,23,27). The van der Waals surface area contributed by atoms with Crippen LogP contribution in [0.15, 0.2) is 30.3 Å². The zero-order chi connectivity index (χ0) is 20.3. The first-order chi connectivity index (χ1) is 13.2. The summed E-state index contributed by atoms with van der Waals surface area (Å²) in [4.78, 5) is 22.5. The van der Waals surface area contributed by atoms with Crippen molar-refractivity contribution < 1.29 is 22.7 Å². The highest BCUT2D eigenvalue weighted by atomic mass is 19.4. The molecule has 1 saturated heterocycles. The number of anilines is 1. The minimum absolute atomic E-state index is 0.121. The van der Waals surface area contributed by atoms with Crippen LogP contribution in [0.5, 0.6) is 5.75 Å². The van der Waals surface area contributed by atoms with Gasteiger partial charge in [0.2, 0.25) is 5.91 Å². The first-order valence-electron chi connectivity index (χ1n) is 9.03. The quantitative estimate of drug-likeness (QED) is 0.842. The molecule has 2 heterocycles. The van der Waals surface area contributed by atoms with Crippen LogP contribution < -0.4 is 15.4 Å². The molecule has 0 radical (unpaired) electrons. The van der Waals surface area contributed by atoms with Crippen LogP contribution >= 0.6 is 0 Å². The van der Waals surface area contributed by atoms with E-state index in [0.29, 0.717) is 49.4 Å². The monoisotopic (exact) mass is 394 g/mol. The zero-order valence-electron chi connectivity index (χ0n) is 15.4. The smallest absolute Gasteiger partial charge is 0.406 e. The molecule has 0 bridgehead atoms. The molecule has 1 aromatic carbocycles. The minimum Gasteiger partial charge on any atom is -0.406 e. The van der Waals surface area contributed by atoms with E-state index in [2.05, 4.69) is 19.6 Å². The molecule has 1 aliphatic heterocycles. The molecular weight excluding hydrogens is 373 g/mol. The maximum absolute atomic E-state index is 12.3. The Labute approximate surface area is 160 Å². The number of nitrogens with zero attached hydrogens (tertiary/aromatic N) is 3. The summed E-state index contributed by atoms with van der Waals surface area (Å²) < 4.78 is 40.9. The van der Waals surface area contributed by atoms with E-state index in [1.807, 2.05) is 13.0 Å². The number of hydrogen-bond donors (Lipinski definition) is 1. The van der Waals surface area contributed by atoms with Gasteiger partial charge in [0, 0.05) is 37.1 Å². The molecule has 2 N–H and O–H groups in total. The lowest BCUT2D eigenvalue weighted by molar-refractivity contribution is -0.274. The molecule has 28 heavy (non-hydrogen) atoms. The normalized spacial score (nSPS) is 15.5. The fourth-order valence-corrected chi connectivity index (χ4v) is 3.17. The summed E-state index contributed by atoms with van der Waals surface area (Å²) >= 11 is 0. The molecule has 150 valence electrons. The molecule has 2 aromatic rings. The molecule has 0 unspecified atom stereocenters. The van der Waals surface area contributed by atoms with Gasteiger partial charge in [0.1, 0.15) is 17.4 Å². The molecule has 1 fully saturated rings. The number of nitrogens with two attached hydrogens (primary N) is 1. The average molecular weight is 394 g/mol. The maximum Gasteiger partial charge on any atom is 0.573 e. The van der Waals surface area contributed by atoms with Gasteiger partial charge in [-0.2, -0.15) is 0 Å². The molecule has 0 atom stereocenters. The van der Waals surface area contributed by atoms with Crippen molar-refractivity contribution in [2.75, 3.05) is 18.0 Å². The lowest BCUT2D eigenvalue weighted by Gasteiger charge is -2.31. The zero-order valence-corrected chi connectivity index (χ0v) is 15.4. The molecule has 9 heteroatoms. The first kappa shape index (κ1) is 19.9. The van der Waals surface area contributed by atoms with Crippen molar-refractivity contribution >= 4 is 11.7 Å². The van der Waals surface area contributed by atoms with E-state index in [1.165, 1.54) is 24.3 Å². The van der Waals surface area contributed by atoms with Crippen molar-refractivity contribution in [2.24, 2.45) is 11.7 Å². The number of primary amides is 1. The van der Waals surface area contributed by atoms with Gasteiger partial charge in [-0.05, 0) is 37.1 Å². The second kappa shape index (κ2) is 8.04. The Morgan fingerprint density at radius 2 is 1.86 bits per heavy atom. The Balaban J connectivity index is 1.82. The molecule has 3 rings (SSSR count). The van der Waals surface area contributed by atoms with Crippen molar-refractivity contribution in [2.45, 2.75) is 32.5 Å². The molecule has 0 saturated carbocycles. The minimum atomic E-state index is -4.73. The molecular formula is C19H21F3N4O2. The van der Waals surface area contributed by atoms with Gasteiger partial charge in [-0.1, -0.05) is 6.92 Å². The van der Waals surface area contributed by atoms with E-state index < -0.39 is 6.36 Å². The number of hydrogen-bond acceptors (Lipinski definition) is 5. The average Bonchev–Trinajstić information content (AvgIpc) is 2.67. The molecule has 6 nitrogen and oxygen atoms in total. The number of aryl methyl sites for hydroxylation is 1. The predicted octanol–water partition coefficient (Wildman–Crippen LogP) is 3.31. The number of carbonyl (C=O) groups is 1. The van der Waals surface area contributed by atoms with Crippen LogP contribution in [0.1, 0.15) is 25.6 Å². The van der Waals surface area contributed by atoms with Crippen LogP contribution in [0.2, 0.25) is 0 Å². The molecule has 1 aromatic heterocycles. The van der Waals surface area contributed by atoms with E-state index in [1.54, 1.807) is 0 Å². The number of aromatic nitrogens is 2. The molecule has 1 aliphatic rings. The third-order valence-electron chi connectivity index (χ3n) is 4.68. The van der Waals surface area contributed by atoms with Gasteiger partial charge >= 0.3 is 6.36 Å². The number of carbonyl (C=O) groups excluding carboxylic acids is 1. The maximum atomic E-state index is 12.3. The summed E-state index contributed by atoms with van der Waals surface area (Å²) in [5, 5.41) is 0.